The van der Waals surface area contributed by atoms with Gasteiger partial charge in [0.25, 0.3) is 0 Å². The molecule has 2 aromatic heterocycles. The molecule has 4 heteroatoms. The van der Waals surface area contributed by atoms with Gasteiger partial charge in [0.05, 0.1) is 6.26 Å². The first-order valence-corrected chi connectivity index (χ1v) is 5.59. The number of hydrogen-bond acceptors (Lipinski definition) is 4. The highest BCUT2D eigenvalue weighted by Gasteiger charge is 2.09. The largest absolute Gasteiger partial charge is 0.467 e. The van der Waals surface area contributed by atoms with Crippen LogP contribution >= 0.6 is 0 Å². The molecule has 0 aromatic carbocycles. The van der Waals surface area contributed by atoms with E-state index in [0.717, 1.165) is 5.56 Å². The Labute approximate surface area is 100 Å². The van der Waals surface area contributed by atoms with Crippen molar-refractivity contribution >= 4 is 0 Å². The fourth-order valence-electron chi connectivity index (χ4n) is 1.63. The summed E-state index contributed by atoms with van der Waals surface area (Å²) in [6.45, 7) is 3.20. The van der Waals surface area contributed by atoms with Crippen molar-refractivity contribution in [3.63, 3.8) is 0 Å². The van der Waals surface area contributed by atoms with Gasteiger partial charge in [0.1, 0.15) is 11.9 Å². The van der Waals surface area contributed by atoms with Crippen LogP contribution in [-0.4, -0.2) is 16.6 Å². The zero-order valence-corrected chi connectivity index (χ0v) is 9.76. The first kappa shape index (κ1) is 11.8. The normalized spacial score (nSPS) is 12.6. The monoisotopic (exact) mass is 232 g/mol. The van der Waals surface area contributed by atoms with E-state index in [-0.39, 0.29) is 0 Å². The summed E-state index contributed by atoms with van der Waals surface area (Å²) in [6, 6.07) is 5.51. The number of aliphatic hydroxyl groups excluding tert-OH is 1. The van der Waals surface area contributed by atoms with Gasteiger partial charge in [0.2, 0.25) is 0 Å². The van der Waals surface area contributed by atoms with Gasteiger partial charge in [-0.1, -0.05) is 0 Å². The molecule has 0 amide bonds. The van der Waals surface area contributed by atoms with E-state index in [1.807, 2.05) is 19.2 Å². The standard InChI is InChI=1S/C13H16N2O2/c1-10-7-14-5-4-11(10)8-15-9-12(16)13-3-2-6-17-13/h2-7,12,15-16H,8-9H2,1H3. The molecule has 90 valence electrons. The van der Waals surface area contributed by atoms with Crippen molar-refractivity contribution in [2.24, 2.45) is 0 Å². The Morgan fingerprint density at radius 1 is 1.47 bits per heavy atom. The van der Waals surface area contributed by atoms with Gasteiger partial charge < -0.3 is 14.8 Å². The Bertz CT molecular complexity index is 454. The lowest BCUT2D eigenvalue weighted by Gasteiger charge is -2.10. The molecule has 2 rings (SSSR count). The summed E-state index contributed by atoms with van der Waals surface area (Å²) in [5.41, 5.74) is 2.33. The molecule has 0 radical (unpaired) electrons. The number of aryl methyl sites for hydroxylation is 1. The number of nitrogens with one attached hydrogen (secondary N) is 1. The average Bonchev–Trinajstić information content (AvgIpc) is 2.85. The predicted molar refractivity (Wildman–Crippen MR) is 64.3 cm³/mol. The summed E-state index contributed by atoms with van der Waals surface area (Å²) in [6.07, 6.45) is 4.56. The molecule has 0 spiro atoms. The van der Waals surface area contributed by atoms with Crippen LogP contribution in [0.3, 0.4) is 0 Å². The van der Waals surface area contributed by atoms with Crippen molar-refractivity contribution in [1.82, 2.24) is 10.3 Å². The predicted octanol–water partition coefficient (Wildman–Crippen LogP) is 1.81. The van der Waals surface area contributed by atoms with Crippen molar-refractivity contribution in [3.05, 3.63) is 53.7 Å². The van der Waals surface area contributed by atoms with Gasteiger partial charge >= 0.3 is 0 Å². The van der Waals surface area contributed by atoms with Crippen molar-refractivity contribution in [2.45, 2.75) is 19.6 Å². The Morgan fingerprint density at radius 3 is 3.06 bits per heavy atom. The molecule has 4 nitrogen and oxygen atoms in total. The molecule has 0 aliphatic carbocycles. The van der Waals surface area contributed by atoms with Crippen LogP contribution in [0.2, 0.25) is 0 Å². The number of aliphatic hydroxyl groups is 1. The fourth-order valence-corrected chi connectivity index (χ4v) is 1.63. The Morgan fingerprint density at radius 2 is 2.35 bits per heavy atom. The number of aromatic nitrogens is 1. The minimum atomic E-state index is -0.604. The molecule has 17 heavy (non-hydrogen) atoms. The smallest absolute Gasteiger partial charge is 0.133 e. The van der Waals surface area contributed by atoms with E-state index in [4.69, 9.17) is 4.42 Å². The van der Waals surface area contributed by atoms with Gasteiger partial charge in [-0.15, -0.1) is 0 Å². The second-order valence-electron chi connectivity index (χ2n) is 3.96. The summed E-state index contributed by atoms with van der Waals surface area (Å²) in [5, 5.41) is 13.0. The highest BCUT2D eigenvalue weighted by atomic mass is 16.4. The lowest BCUT2D eigenvalue weighted by molar-refractivity contribution is 0.147. The van der Waals surface area contributed by atoms with Gasteiger partial charge in [0, 0.05) is 25.5 Å². The van der Waals surface area contributed by atoms with E-state index in [2.05, 4.69) is 10.3 Å². The maximum Gasteiger partial charge on any atom is 0.133 e. The second kappa shape index (κ2) is 5.61. The molecule has 0 aliphatic heterocycles. The third kappa shape index (κ3) is 3.15. The molecule has 1 atom stereocenters. The van der Waals surface area contributed by atoms with E-state index in [1.54, 1.807) is 24.6 Å². The van der Waals surface area contributed by atoms with Crippen LogP contribution in [0.1, 0.15) is 23.0 Å². The SMILES string of the molecule is Cc1cnccc1CNCC(O)c1ccco1. The molecule has 2 heterocycles. The molecule has 0 fully saturated rings. The van der Waals surface area contributed by atoms with Crippen LogP contribution in [0, 0.1) is 6.92 Å². The highest BCUT2D eigenvalue weighted by Crippen LogP contribution is 2.12. The molecular weight excluding hydrogens is 216 g/mol. The number of nitrogens with zero attached hydrogens (tertiary/aromatic N) is 1. The van der Waals surface area contributed by atoms with Crippen molar-refractivity contribution in [2.75, 3.05) is 6.54 Å². The average molecular weight is 232 g/mol. The summed E-state index contributed by atoms with van der Waals surface area (Å²) >= 11 is 0. The molecule has 0 saturated heterocycles. The maximum atomic E-state index is 9.79. The third-order valence-electron chi connectivity index (χ3n) is 2.66. The molecular formula is C13H16N2O2. The van der Waals surface area contributed by atoms with Crippen LogP contribution < -0.4 is 5.32 Å². The van der Waals surface area contributed by atoms with E-state index >= 15 is 0 Å². The molecule has 1 unspecified atom stereocenters. The Balaban J connectivity index is 1.82. The summed E-state index contributed by atoms with van der Waals surface area (Å²) < 4.78 is 5.12. The van der Waals surface area contributed by atoms with Crippen LogP contribution in [-0.2, 0) is 6.54 Å². The van der Waals surface area contributed by atoms with Crippen LogP contribution in [0.5, 0.6) is 0 Å². The van der Waals surface area contributed by atoms with Gasteiger partial charge in [0.15, 0.2) is 0 Å². The minimum Gasteiger partial charge on any atom is -0.467 e. The first-order valence-electron chi connectivity index (χ1n) is 5.59. The molecule has 0 saturated carbocycles. The van der Waals surface area contributed by atoms with Crippen molar-refractivity contribution in [3.8, 4) is 0 Å². The number of hydrogen-bond donors (Lipinski definition) is 2. The van der Waals surface area contributed by atoms with Gasteiger partial charge in [-0.25, -0.2) is 0 Å². The van der Waals surface area contributed by atoms with E-state index < -0.39 is 6.10 Å². The van der Waals surface area contributed by atoms with Crippen LogP contribution in [0.4, 0.5) is 0 Å². The zero-order valence-electron chi connectivity index (χ0n) is 9.76. The lowest BCUT2D eigenvalue weighted by Crippen LogP contribution is -2.21. The lowest BCUT2D eigenvalue weighted by atomic mass is 10.1. The zero-order chi connectivity index (χ0) is 12.1. The third-order valence-corrected chi connectivity index (χ3v) is 2.66. The first-order chi connectivity index (χ1) is 8.27. The van der Waals surface area contributed by atoms with Gasteiger partial charge in [-0.2, -0.15) is 0 Å². The second-order valence-corrected chi connectivity index (χ2v) is 3.96. The van der Waals surface area contributed by atoms with Gasteiger partial charge in [-0.05, 0) is 36.2 Å². The van der Waals surface area contributed by atoms with E-state index in [0.29, 0.717) is 18.8 Å². The number of pyridine rings is 1. The molecule has 2 aromatic rings. The van der Waals surface area contributed by atoms with Crippen LogP contribution in [0.15, 0.2) is 41.3 Å². The number of furan rings is 1. The molecule has 2 N–H and O–H groups in total. The number of rotatable bonds is 5. The highest BCUT2D eigenvalue weighted by molar-refractivity contribution is 5.21. The minimum absolute atomic E-state index is 0.468. The summed E-state index contributed by atoms with van der Waals surface area (Å²) in [4.78, 5) is 4.04. The molecule has 0 aliphatic rings. The van der Waals surface area contributed by atoms with E-state index in [1.165, 1.54) is 5.56 Å². The quantitative estimate of drug-likeness (QED) is 0.825. The van der Waals surface area contributed by atoms with Crippen molar-refractivity contribution in [1.29, 1.82) is 0 Å². The van der Waals surface area contributed by atoms with E-state index in [9.17, 15) is 5.11 Å². The Hall–Kier alpha value is -1.65. The van der Waals surface area contributed by atoms with Crippen LogP contribution in [0.25, 0.3) is 0 Å². The summed E-state index contributed by atoms with van der Waals surface area (Å²) in [7, 11) is 0. The van der Waals surface area contributed by atoms with Gasteiger partial charge in [-0.3, -0.25) is 4.98 Å². The maximum absolute atomic E-state index is 9.79. The summed E-state index contributed by atoms with van der Waals surface area (Å²) in [5.74, 6) is 0.587. The fraction of sp³-hybridized carbons (Fsp3) is 0.308. The van der Waals surface area contributed by atoms with Crippen molar-refractivity contribution < 1.29 is 9.52 Å². The topological polar surface area (TPSA) is 58.3 Å². The Kier molecular flexibility index (Phi) is 3.90. The molecule has 0 bridgehead atoms.